The normalized spacial score (nSPS) is 28.0. The van der Waals surface area contributed by atoms with Crippen molar-refractivity contribution in [3.63, 3.8) is 0 Å². The van der Waals surface area contributed by atoms with Gasteiger partial charge >= 0.3 is 0 Å². The second kappa shape index (κ2) is 11.0. The minimum atomic E-state index is -0.368. The molecule has 2 fully saturated rings. The molecule has 0 aliphatic heterocycles. The maximum absolute atomic E-state index is 13.7. The molecule has 0 radical (unpaired) electrons. The van der Waals surface area contributed by atoms with E-state index in [-0.39, 0.29) is 11.4 Å². The van der Waals surface area contributed by atoms with E-state index in [0.717, 1.165) is 35.7 Å². The molecule has 0 saturated heterocycles. The second-order valence-electron chi connectivity index (χ2n) is 9.60. The Bertz CT molecular complexity index is 630. The van der Waals surface area contributed by atoms with Crippen molar-refractivity contribution in [1.82, 2.24) is 0 Å². The molecule has 2 aliphatic rings. The Labute approximate surface area is 171 Å². The summed E-state index contributed by atoms with van der Waals surface area (Å²) in [5, 5.41) is 8.84. The molecule has 0 spiro atoms. The Kier molecular flexibility index (Phi) is 8.38. The molecule has 2 heteroatoms. The minimum absolute atomic E-state index is 0.156. The molecule has 0 heterocycles. The smallest absolute Gasteiger partial charge is 0.141 e. The summed E-state index contributed by atoms with van der Waals surface area (Å²) in [6, 6.07) is 7.00. The van der Waals surface area contributed by atoms with Crippen LogP contribution in [0.4, 0.5) is 4.39 Å². The van der Waals surface area contributed by atoms with E-state index in [0.29, 0.717) is 0 Å². The third-order valence-corrected chi connectivity index (χ3v) is 7.61. The molecule has 2 aliphatic carbocycles. The van der Waals surface area contributed by atoms with Crippen molar-refractivity contribution in [2.75, 3.05) is 0 Å². The Balaban J connectivity index is 1.31. The Morgan fingerprint density at radius 3 is 1.79 bits per heavy atom. The van der Waals surface area contributed by atoms with Crippen LogP contribution in [-0.2, 0) is 6.42 Å². The van der Waals surface area contributed by atoms with Crippen molar-refractivity contribution in [1.29, 1.82) is 5.26 Å². The topological polar surface area (TPSA) is 23.8 Å². The lowest BCUT2D eigenvalue weighted by Crippen LogP contribution is -2.18. The third-order valence-electron chi connectivity index (χ3n) is 7.61. The summed E-state index contributed by atoms with van der Waals surface area (Å²) < 4.78 is 13.7. The molecule has 0 N–H and O–H groups in total. The minimum Gasteiger partial charge on any atom is -0.206 e. The van der Waals surface area contributed by atoms with Gasteiger partial charge in [-0.3, -0.25) is 0 Å². The highest BCUT2D eigenvalue weighted by Gasteiger charge is 2.24. The van der Waals surface area contributed by atoms with E-state index in [2.05, 4.69) is 6.92 Å². The van der Waals surface area contributed by atoms with Gasteiger partial charge in [-0.25, -0.2) is 4.39 Å². The number of hydrogen-bond donors (Lipinski definition) is 0. The lowest BCUT2D eigenvalue weighted by molar-refractivity contribution is 0.209. The fraction of sp³-hybridized carbons (Fsp3) is 0.731. The fourth-order valence-electron chi connectivity index (χ4n) is 5.67. The molecule has 0 aromatic heterocycles. The number of hydrogen-bond acceptors (Lipinski definition) is 1. The number of benzene rings is 1. The van der Waals surface area contributed by atoms with E-state index in [1.807, 2.05) is 12.1 Å². The van der Waals surface area contributed by atoms with Crippen molar-refractivity contribution in [3.05, 3.63) is 35.1 Å². The van der Waals surface area contributed by atoms with Crippen molar-refractivity contribution in [3.8, 4) is 6.07 Å². The van der Waals surface area contributed by atoms with Crippen molar-refractivity contribution in [2.24, 2.45) is 23.7 Å². The zero-order chi connectivity index (χ0) is 19.8. The van der Waals surface area contributed by atoms with Crippen molar-refractivity contribution < 1.29 is 4.39 Å². The van der Waals surface area contributed by atoms with E-state index in [1.54, 1.807) is 12.1 Å². The molecule has 0 bridgehead atoms. The molecule has 28 heavy (non-hydrogen) atoms. The number of nitriles is 1. The van der Waals surface area contributed by atoms with Gasteiger partial charge in [-0.1, -0.05) is 90.0 Å². The maximum atomic E-state index is 13.7. The van der Waals surface area contributed by atoms with Gasteiger partial charge in [-0.15, -0.1) is 0 Å². The fourth-order valence-corrected chi connectivity index (χ4v) is 5.67. The van der Waals surface area contributed by atoms with Crippen LogP contribution >= 0.6 is 0 Å². The predicted molar refractivity (Wildman–Crippen MR) is 114 cm³/mol. The average Bonchev–Trinajstić information content (AvgIpc) is 2.73. The lowest BCUT2D eigenvalue weighted by atomic mass is 9.74. The Hall–Kier alpha value is -1.36. The van der Waals surface area contributed by atoms with Gasteiger partial charge in [0.2, 0.25) is 0 Å². The standard InChI is InChI=1S/C26H38FN/c1-2-3-20-4-6-21(7-5-20)8-9-22-10-12-23(13-11-22)14-15-24-16-17-25(19-28)26(27)18-24/h16-18,20-23H,2-15H2,1H3/t20-,21-,22-,23-. The van der Waals surface area contributed by atoms with Crippen molar-refractivity contribution >= 4 is 0 Å². The summed E-state index contributed by atoms with van der Waals surface area (Å²) in [4.78, 5) is 0. The average molecular weight is 384 g/mol. The van der Waals surface area contributed by atoms with E-state index in [4.69, 9.17) is 5.26 Å². The maximum Gasteiger partial charge on any atom is 0.141 e. The molecule has 1 nitrogen and oxygen atoms in total. The summed E-state index contributed by atoms with van der Waals surface area (Å²) in [5.41, 5.74) is 1.19. The number of halogens is 1. The van der Waals surface area contributed by atoms with E-state index in [9.17, 15) is 4.39 Å². The van der Waals surface area contributed by atoms with Gasteiger partial charge in [0.25, 0.3) is 0 Å². The van der Waals surface area contributed by atoms with Gasteiger partial charge in [0.1, 0.15) is 11.9 Å². The quantitative estimate of drug-likeness (QED) is 0.449. The third kappa shape index (κ3) is 6.33. The molecule has 0 amide bonds. The second-order valence-corrected chi connectivity index (χ2v) is 9.60. The summed E-state index contributed by atoms with van der Waals surface area (Å²) in [6.07, 6.45) is 19.3. The number of aryl methyl sites for hydroxylation is 1. The highest BCUT2D eigenvalue weighted by atomic mass is 19.1. The summed E-state index contributed by atoms with van der Waals surface area (Å²) in [5.74, 6) is 3.43. The van der Waals surface area contributed by atoms with Crippen LogP contribution in [0.15, 0.2) is 18.2 Å². The summed E-state index contributed by atoms with van der Waals surface area (Å²) in [7, 11) is 0. The van der Waals surface area contributed by atoms with Crippen LogP contribution < -0.4 is 0 Å². The van der Waals surface area contributed by atoms with Gasteiger partial charge in [0, 0.05) is 0 Å². The van der Waals surface area contributed by atoms with Crippen LogP contribution in [0.1, 0.15) is 102 Å². The van der Waals surface area contributed by atoms with Crippen LogP contribution in [0.5, 0.6) is 0 Å². The van der Waals surface area contributed by atoms with Gasteiger partial charge < -0.3 is 0 Å². The first-order chi connectivity index (χ1) is 13.7. The van der Waals surface area contributed by atoms with Crippen LogP contribution in [0, 0.1) is 40.8 Å². The van der Waals surface area contributed by atoms with Gasteiger partial charge in [-0.05, 0) is 54.2 Å². The first-order valence-electron chi connectivity index (χ1n) is 11.9. The molecule has 0 atom stereocenters. The highest BCUT2D eigenvalue weighted by molar-refractivity contribution is 5.33. The molecule has 2 saturated carbocycles. The van der Waals surface area contributed by atoms with Gasteiger partial charge in [0.05, 0.1) is 5.56 Å². The monoisotopic (exact) mass is 383 g/mol. The first kappa shape index (κ1) is 21.4. The molecule has 0 unspecified atom stereocenters. The predicted octanol–water partition coefficient (Wildman–Crippen LogP) is 7.82. The van der Waals surface area contributed by atoms with Crippen LogP contribution in [0.3, 0.4) is 0 Å². The summed E-state index contributed by atoms with van der Waals surface area (Å²) >= 11 is 0. The SMILES string of the molecule is CCC[C@H]1CC[C@H](CC[C@H]2CC[C@H](CCc3ccc(C#N)c(F)c3)CC2)CC1. The molecular weight excluding hydrogens is 345 g/mol. The molecule has 154 valence electrons. The number of rotatable bonds is 8. The number of nitrogens with zero attached hydrogens (tertiary/aromatic N) is 1. The Morgan fingerprint density at radius 1 is 0.821 bits per heavy atom. The van der Waals surface area contributed by atoms with E-state index in [1.165, 1.54) is 83.5 Å². The molecule has 1 aromatic carbocycles. The molecule has 3 rings (SSSR count). The van der Waals surface area contributed by atoms with Gasteiger partial charge in [-0.2, -0.15) is 5.26 Å². The van der Waals surface area contributed by atoms with Crippen LogP contribution in [-0.4, -0.2) is 0 Å². The lowest BCUT2D eigenvalue weighted by Gasteiger charge is -2.32. The largest absolute Gasteiger partial charge is 0.206 e. The van der Waals surface area contributed by atoms with Gasteiger partial charge in [0.15, 0.2) is 0 Å². The van der Waals surface area contributed by atoms with Crippen LogP contribution in [0.25, 0.3) is 0 Å². The summed E-state index contributed by atoms with van der Waals surface area (Å²) in [6.45, 7) is 2.32. The van der Waals surface area contributed by atoms with Crippen LogP contribution in [0.2, 0.25) is 0 Å². The zero-order valence-electron chi connectivity index (χ0n) is 17.8. The zero-order valence-corrected chi connectivity index (χ0v) is 17.8. The van der Waals surface area contributed by atoms with Crippen molar-refractivity contribution in [2.45, 2.75) is 96.8 Å². The van der Waals surface area contributed by atoms with E-state index < -0.39 is 0 Å². The van der Waals surface area contributed by atoms with E-state index >= 15 is 0 Å². The highest BCUT2D eigenvalue weighted by Crippen LogP contribution is 2.38. The molecular formula is C26H38FN. The first-order valence-corrected chi connectivity index (χ1v) is 11.9. The Morgan fingerprint density at radius 2 is 1.32 bits per heavy atom. The molecule has 1 aromatic rings.